The highest BCUT2D eigenvalue weighted by molar-refractivity contribution is 7.13. The Morgan fingerprint density at radius 2 is 2.11 bits per heavy atom. The SMILES string of the molecule is Cc1ncc(C(=O)Nc2ccc(CC(=O)O)nc2)s1. The van der Waals surface area contributed by atoms with Crippen molar-refractivity contribution in [1.82, 2.24) is 9.97 Å². The molecule has 0 unspecified atom stereocenters. The summed E-state index contributed by atoms with van der Waals surface area (Å²) in [6.07, 6.45) is 2.81. The Kier molecular flexibility index (Phi) is 3.86. The van der Waals surface area contributed by atoms with Crippen LogP contribution in [0.25, 0.3) is 0 Å². The van der Waals surface area contributed by atoms with Gasteiger partial charge in [0.1, 0.15) is 4.88 Å². The number of carbonyl (C=O) groups excluding carboxylic acids is 1. The zero-order valence-electron chi connectivity index (χ0n) is 10.1. The highest BCUT2D eigenvalue weighted by Crippen LogP contribution is 2.14. The molecule has 98 valence electrons. The van der Waals surface area contributed by atoms with Gasteiger partial charge in [0.05, 0.1) is 35.2 Å². The first-order chi connectivity index (χ1) is 9.04. The monoisotopic (exact) mass is 277 g/mol. The molecule has 7 heteroatoms. The number of carboxylic acid groups (broad SMARTS) is 1. The lowest BCUT2D eigenvalue weighted by atomic mass is 10.2. The van der Waals surface area contributed by atoms with Crippen LogP contribution in [-0.2, 0) is 11.2 Å². The third-order valence-corrected chi connectivity index (χ3v) is 3.17. The van der Waals surface area contributed by atoms with E-state index in [1.165, 1.54) is 23.7 Å². The maximum atomic E-state index is 11.8. The molecule has 1 amide bonds. The number of hydrogen-bond donors (Lipinski definition) is 2. The van der Waals surface area contributed by atoms with Gasteiger partial charge in [0.15, 0.2) is 0 Å². The average Bonchev–Trinajstić information content (AvgIpc) is 2.78. The highest BCUT2D eigenvalue weighted by Gasteiger charge is 2.09. The number of aromatic nitrogens is 2. The molecular formula is C12H11N3O3S. The number of rotatable bonds is 4. The van der Waals surface area contributed by atoms with E-state index in [-0.39, 0.29) is 12.3 Å². The van der Waals surface area contributed by atoms with Gasteiger partial charge < -0.3 is 10.4 Å². The molecule has 0 aliphatic heterocycles. The number of aliphatic carboxylic acids is 1. The van der Waals surface area contributed by atoms with Crippen LogP contribution in [0, 0.1) is 6.92 Å². The summed E-state index contributed by atoms with van der Waals surface area (Å²) in [5, 5.41) is 12.1. The summed E-state index contributed by atoms with van der Waals surface area (Å²) >= 11 is 1.31. The summed E-state index contributed by atoms with van der Waals surface area (Å²) in [5.74, 6) is -1.19. The van der Waals surface area contributed by atoms with Gasteiger partial charge in [-0.15, -0.1) is 11.3 Å². The van der Waals surface area contributed by atoms with Crippen LogP contribution in [-0.4, -0.2) is 27.0 Å². The minimum absolute atomic E-state index is 0.137. The normalized spacial score (nSPS) is 10.2. The summed E-state index contributed by atoms with van der Waals surface area (Å²) in [5.41, 5.74) is 0.962. The molecule has 2 N–H and O–H groups in total. The van der Waals surface area contributed by atoms with Crippen molar-refractivity contribution < 1.29 is 14.7 Å². The van der Waals surface area contributed by atoms with E-state index in [9.17, 15) is 9.59 Å². The molecule has 2 aromatic heterocycles. The van der Waals surface area contributed by atoms with E-state index in [0.717, 1.165) is 5.01 Å². The van der Waals surface area contributed by atoms with Crippen LogP contribution in [0.1, 0.15) is 20.4 Å². The van der Waals surface area contributed by atoms with Gasteiger partial charge in [-0.3, -0.25) is 14.6 Å². The van der Waals surface area contributed by atoms with Gasteiger partial charge in [-0.1, -0.05) is 0 Å². The lowest BCUT2D eigenvalue weighted by Gasteiger charge is -2.03. The molecule has 0 atom stereocenters. The maximum Gasteiger partial charge on any atom is 0.309 e. The number of nitrogens with zero attached hydrogens (tertiary/aromatic N) is 2. The van der Waals surface area contributed by atoms with Crippen molar-refractivity contribution in [3.63, 3.8) is 0 Å². The first kappa shape index (κ1) is 13.2. The zero-order valence-corrected chi connectivity index (χ0v) is 10.9. The van der Waals surface area contributed by atoms with Crippen LogP contribution in [0.4, 0.5) is 5.69 Å². The molecule has 2 heterocycles. The lowest BCUT2D eigenvalue weighted by Crippen LogP contribution is -2.11. The Hall–Kier alpha value is -2.28. The van der Waals surface area contributed by atoms with Gasteiger partial charge in [0, 0.05) is 0 Å². The molecule has 0 aliphatic carbocycles. The molecule has 2 rings (SSSR count). The quantitative estimate of drug-likeness (QED) is 0.887. The fraction of sp³-hybridized carbons (Fsp3) is 0.167. The van der Waals surface area contributed by atoms with Crippen LogP contribution < -0.4 is 5.32 Å². The lowest BCUT2D eigenvalue weighted by molar-refractivity contribution is -0.136. The second kappa shape index (κ2) is 5.57. The predicted octanol–water partition coefficient (Wildman–Crippen LogP) is 1.73. The molecule has 0 fully saturated rings. The largest absolute Gasteiger partial charge is 0.481 e. The van der Waals surface area contributed by atoms with Gasteiger partial charge in [-0.2, -0.15) is 0 Å². The number of amides is 1. The molecule has 0 aliphatic rings. The molecule has 19 heavy (non-hydrogen) atoms. The summed E-state index contributed by atoms with van der Waals surface area (Å²) in [7, 11) is 0. The van der Waals surface area contributed by atoms with Crippen LogP contribution in [0.5, 0.6) is 0 Å². The summed E-state index contributed by atoms with van der Waals surface area (Å²) in [4.78, 5) is 30.8. The van der Waals surface area contributed by atoms with Crippen molar-refractivity contribution in [2.75, 3.05) is 5.32 Å². The number of thiazole rings is 1. The Morgan fingerprint density at radius 3 is 2.63 bits per heavy atom. The third kappa shape index (κ3) is 3.59. The number of hydrogen-bond acceptors (Lipinski definition) is 5. The highest BCUT2D eigenvalue weighted by atomic mass is 32.1. The molecule has 2 aromatic rings. The van der Waals surface area contributed by atoms with Gasteiger partial charge in [-0.05, 0) is 19.1 Å². The molecule has 0 saturated carbocycles. The van der Waals surface area contributed by atoms with Crippen LogP contribution in [0.3, 0.4) is 0 Å². The van der Waals surface area contributed by atoms with E-state index >= 15 is 0 Å². The number of carbonyl (C=O) groups is 2. The molecule has 0 saturated heterocycles. The zero-order chi connectivity index (χ0) is 13.8. The second-order valence-electron chi connectivity index (χ2n) is 3.81. The third-order valence-electron chi connectivity index (χ3n) is 2.26. The Balaban J connectivity index is 2.03. The van der Waals surface area contributed by atoms with Crippen molar-refractivity contribution >= 4 is 28.9 Å². The smallest absolute Gasteiger partial charge is 0.309 e. The first-order valence-corrected chi connectivity index (χ1v) is 6.27. The fourth-order valence-corrected chi connectivity index (χ4v) is 2.09. The average molecular weight is 277 g/mol. The van der Waals surface area contributed by atoms with Crippen molar-refractivity contribution in [2.45, 2.75) is 13.3 Å². The molecule has 0 bridgehead atoms. The van der Waals surface area contributed by atoms with Gasteiger partial charge in [0.25, 0.3) is 5.91 Å². The fourth-order valence-electron chi connectivity index (χ4n) is 1.42. The van der Waals surface area contributed by atoms with Crippen molar-refractivity contribution in [3.8, 4) is 0 Å². The van der Waals surface area contributed by atoms with Gasteiger partial charge in [0.2, 0.25) is 0 Å². The number of carboxylic acids is 1. The van der Waals surface area contributed by atoms with E-state index in [1.54, 1.807) is 12.1 Å². The maximum absolute atomic E-state index is 11.8. The predicted molar refractivity (Wildman–Crippen MR) is 70.4 cm³/mol. The standard InChI is InChI=1S/C12H11N3O3S/c1-7-13-6-10(19-7)12(18)15-9-3-2-8(14-5-9)4-11(16)17/h2-3,5-6H,4H2,1H3,(H,15,18)(H,16,17). The minimum Gasteiger partial charge on any atom is -0.481 e. The summed E-state index contributed by atoms with van der Waals surface area (Å²) in [6, 6.07) is 3.19. The van der Waals surface area contributed by atoms with Crippen LogP contribution in [0.2, 0.25) is 0 Å². The Bertz CT molecular complexity index is 607. The Morgan fingerprint density at radius 1 is 1.32 bits per heavy atom. The van der Waals surface area contributed by atoms with E-state index < -0.39 is 5.97 Å². The van der Waals surface area contributed by atoms with Gasteiger partial charge >= 0.3 is 5.97 Å². The number of pyridine rings is 1. The van der Waals surface area contributed by atoms with E-state index in [1.807, 2.05) is 6.92 Å². The Labute approximate surface area is 113 Å². The van der Waals surface area contributed by atoms with Gasteiger partial charge in [-0.25, -0.2) is 4.98 Å². The van der Waals surface area contributed by atoms with Crippen molar-refractivity contribution in [3.05, 3.63) is 40.1 Å². The van der Waals surface area contributed by atoms with Crippen LogP contribution >= 0.6 is 11.3 Å². The van der Waals surface area contributed by atoms with E-state index in [2.05, 4.69) is 15.3 Å². The van der Waals surface area contributed by atoms with E-state index in [4.69, 9.17) is 5.11 Å². The number of nitrogens with one attached hydrogen (secondary N) is 1. The van der Waals surface area contributed by atoms with E-state index in [0.29, 0.717) is 16.3 Å². The van der Waals surface area contributed by atoms with Crippen molar-refractivity contribution in [1.29, 1.82) is 0 Å². The number of anilines is 1. The molecule has 6 nitrogen and oxygen atoms in total. The molecule has 0 aromatic carbocycles. The molecule has 0 spiro atoms. The second-order valence-corrected chi connectivity index (χ2v) is 5.04. The molecule has 0 radical (unpaired) electrons. The minimum atomic E-state index is -0.940. The topological polar surface area (TPSA) is 92.2 Å². The summed E-state index contributed by atoms with van der Waals surface area (Å²) in [6.45, 7) is 1.82. The first-order valence-electron chi connectivity index (χ1n) is 5.45. The van der Waals surface area contributed by atoms with Crippen LogP contribution in [0.15, 0.2) is 24.5 Å². The summed E-state index contributed by atoms with van der Waals surface area (Å²) < 4.78 is 0. The number of aryl methyl sites for hydroxylation is 1. The van der Waals surface area contributed by atoms with Crippen molar-refractivity contribution in [2.24, 2.45) is 0 Å². The molecular weight excluding hydrogens is 266 g/mol.